The number of rotatable bonds is 5. The Morgan fingerprint density at radius 1 is 1.00 bits per heavy atom. The summed E-state index contributed by atoms with van der Waals surface area (Å²) in [5.74, 6) is 0. The number of aromatic nitrogens is 2. The molecule has 2 N–H and O–H groups in total. The minimum absolute atomic E-state index is 0.514. The first kappa shape index (κ1) is 20.8. The molecule has 0 saturated heterocycles. The molecule has 0 aliphatic heterocycles. The molecule has 6 heteroatoms. The smallest absolute Gasteiger partial charge is 0.103 e. The molecule has 30 heavy (non-hydrogen) atoms. The Bertz CT molecular complexity index is 1190. The van der Waals surface area contributed by atoms with E-state index < -0.39 is 11.7 Å². The summed E-state index contributed by atoms with van der Waals surface area (Å²) >= 11 is 8.08. The monoisotopic (exact) mass is 438 g/mol. The van der Waals surface area contributed by atoms with Crippen LogP contribution in [0.4, 0.5) is 0 Å². The maximum absolute atomic E-state index is 10.5. The minimum Gasteiger partial charge on any atom is -0.389 e. The van der Waals surface area contributed by atoms with Gasteiger partial charge in [-0.05, 0) is 68.3 Å². The Hall–Kier alpha value is -2.44. The number of para-hydroxylation sites is 1. The third-order valence-corrected chi connectivity index (χ3v) is 6.41. The highest BCUT2D eigenvalue weighted by molar-refractivity contribution is 7.18. The maximum Gasteiger partial charge on any atom is 0.103 e. The van der Waals surface area contributed by atoms with E-state index in [1.807, 2.05) is 60.7 Å². The van der Waals surface area contributed by atoms with Crippen molar-refractivity contribution in [1.29, 1.82) is 0 Å². The highest BCUT2D eigenvalue weighted by Gasteiger charge is 2.24. The Morgan fingerprint density at radius 2 is 1.73 bits per heavy atom. The summed E-state index contributed by atoms with van der Waals surface area (Å²) in [4.78, 5) is 2.10. The minimum atomic E-state index is -1.08. The maximum atomic E-state index is 10.5. The number of aliphatic hydroxyl groups excluding tert-OH is 1. The average molecular weight is 439 g/mol. The summed E-state index contributed by atoms with van der Waals surface area (Å²) in [6.45, 7) is 5.20. The lowest BCUT2D eigenvalue weighted by atomic mass is 10.1. The van der Waals surface area contributed by atoms with Gasteiger partial charge in [-0.15, -0.1) is 11.3 Å². The third kappa shape index (κ3) is 4.07. The lowest BCUT2D eigenvalue weighted by Crippen LogP contribution is -2.16. The Labute approximate surface area is 185 Å². The normalized spacial score (nSPS) is 12.9. The van der Waals surface area contributed by atoms with Gasteiger partial charge in [-0.3, -0.25) is 0 Å². The van der Waals surface area contributed by atoms with Crippen LogP contribution in [0.1, 0.15) is 38.1 Å². The van der Waals surface area contributed by atoms with Crippen molar-refractivity contribution in [2.75, 3.05) is 0 Å². The van der Waals surface area contributed by atoms with E-state index in [-0.39, 0.29) is 0 Å². The van der Waals surface area contributed by atoms with Crippen molar-refractivity contribution in [2.45, 2.75) is 32.5 Å². The van der Waals surface area contributed by atoms with E-state index in [0.29, 0.717) is 10.7 Å². The fourth-order valence-electron chi connectivity index (χ4n) is 3.25. The van der Waals surface area contributed by atoms with E-state index in [9.17, 15) is 10.2 Å². The van der Waals surface area contributed by atoms with E-state index in [0.717, 1.165) is 32.3 Å². The molecule has 4 aromatic rings. The van der Waals surface area contributed by atoms with E-state index >= 15 is 0 Å². The number of hydrogen-bond donors (Lipinski definition) is 2. The van der Waals surface area contributed by atoms with Crippen molar-refractivity contribution in [3.8, 4) is 26.7 Å². The predicted molar refractivity (Wildman–Crippen MR) is 123 cm³/mol. The molecular formula is C24H23ClN2O2S. The number of benzene rings is 2. The molecule has 2 aromatic carbocycles. The van der Waals surface area contributed by atoms with Crippen LogP contribution in [0.15, 0.2) is 66.7 Å². The molecule has 0 fully saturated rings. The van der Waals surface area contributed by atoms with Gasteiger partial charge in [0.25, 0.3) is 0 Å². The van der Waals surface area contributed by atoms with E-state index in [4.69, 9.17) is 11.6 Å². The summed E-state index contributed by atoms with van der Waals surface area (Å²) in [5, 5.41) is 25.7. The molecule has 154 valence electrons. The van der Waals surface area contributed by atoms with Crippen LogP contribution in [0, 0.1) is 0 Å². The molecule has 2 aromatic heterocycles. The van der Waals surface area contributed by atoms with Gasteiger partial charge in [0.15, 0.2) is 0 Å². The molecule has 4 nitrogen and oxygen atoms in total. The first-order valence-electron chi connectivity index (χ1n) is 9.70. The van der Waals surface area contributed by atoms with E-state index in [1.165, 1.54) is 0 Å². The standard InChI is InChI=1S/C24H23ClN2O2S/c1-15(28)16-7-6-8-17(13-16)21-11-12-22(30-21)20-14-23(24(2,3)29)26-27(20)19-10-5-4-9-18(19)25/h4-15,28-29H,1-3H3. The first-order chi connectivity index (χ1) is 14.2. The van der Waals surface area contributed by atoms with Gasteiger partial charge in [-0.1, -0.05) is 41.9 Å². The molecule has 0 bridgehead atoms. The highest BCUT2D eigenvalue weighted by Crippen LogP contribution is 2.38. The van der Waals surface area contributed by atoms with Crippen molar-refractivity contribution < 1.29 is 10.2 Å². The SMILES string of the molecule is CC(O)c1cccc(-c2ccc(-c3cc(C(C)(C)O)nn3-c3ccccc3Cl)s2)c1. The summed E-state index contributed by atoms with van der Waals surface area (Å²) in [6, 6.07) is 21.5. The van der Waals surface area contributed by atoms with Crippen LogP contribution in [-0.2, 0) is 5.60 Å². The van der Waals surface area contributed by atoms with Gasteiger partial charge in [-0.2, -0.15) is 5.10 Å². The third-order valence-electron chi connectivity index (χ3n) is 4.93. The molecule has 1 unspecified atom stereocenters. The van der Waals surface area contributed by atoms with Gasteiger partial charge in [0.1, 0.15) is 5.60 Å². The molecule has 0 spiro atoms. The average Bonchev–Trinajstić information content (AvgIpc) is 3.35. The van der Waals surface area contributed by atoms with Crippen molar-refractivity contribution in [3.05, 3.63) is 83.0 Å². The molecule has 4 rings (SSSR count). The van der Waals surface area contributed by atoms with E-state index in [2.05, 4.69) is 11.2 Å². The zero-order valence-electron chi connectivity index (χ0n) is 17.0. The van der Waals surface area contributed by atoms with Crippen LogP contribution in [0.3, 0.4) is 0 Å². The van der Waals surface area contributed by atoms with Crippen molar-refractivity contribution in [1.82, 2.24) is 9.78 Å². The van der Waals surface area contributed by atoms with Crippen LogP contribution >= 0.6 is 22.9 Å². The largest absolute Gasteiger partial charge is 0.389 e. The molecule has 2 heterocycles. The van der Waals surface area contributed by atoms with Gasteiger partial charge in [0.2, 0.25) is 0 Å². The molecule has 0 aliphatic carbocycles. The zero-order valence-corrected chi connectivity index (χ0v) is 18.6. The quantitative estimate of drug-likeness (QED) is 0.390. The van der Waals surface area contributed by atoms with Gasteiger partial charge in [0.05, 0.1) is 33.1 Å². The summed E-state index contributed by atoms with van der Waals surface area (Å²) in [5.41, 5.74) is 3.05. The number of thiophene rings is 1. The number of aliphatic hydroxyl groups is 2. The topological polar surface area (TPSA) is 58.3 Å². The second kappa shape index (κ2) is 8.00. The number of hydrogen-bond acceptors (Lipinski definition) is 4. The molecule has 0 saturated carbocycles. The van der Waals surface area contributed by atoms with E-state index in [1.54, 1.807) is 36.8 Å². The van der Waals surface area contributed by atoms with Gasteiger partial charge < -0.3 is 10.2 Å². The summed E-state index contributed by atoms with van der Waals surface area (Å²) in [6.07, 6.45) is -0.514. The number of halogens is 1. The highest BCUT2D eigenvalue weighted by atomic mass is 35.5. The predicted octanol–water partition coefficient (Wildman–Crippen LogP) is 6.20. The van der Waals surface area contributed by atoms with Crippen molar-refractivity contribution in [2.24, 2.45) is 0 Å². The fourth-order valence-corrected chi connectivity index (χ4v) is 4.46. The number of nitrogens with zero attached hydrogens (tertiary/aromatic N) is 2. The Balaban J connectivity index is 1.83. The molecular weight excluding hydrogens is 416 g/mol. The lowest BCUT2D eigenvalue weighted by molar-refractivity contribution is 0.0734. The molecule has 0 radical (unpaired) electrons. The first-order valence-corrected chi connectivity index (χ1v) is 10.9. The van der Waals surface area contributed by atoms with Crippen LogP contribution in [-0.4, -0.2) is 20.0 Å². The molecule has 1 atom stereocenters. The summed E-state index contributed by atoms with van der Waals surface area (Å²) in [7, 11) is 0. The second-order valence-electron chi connectivity index (χ2n) is 7.80. The van der Waals surface area contributed by atoms with Gasteiger partial charge in [0, 0.05) is 4.88 Å². The lowest BCUT2D eigenvalue weighted by Gasteiger charge is -2.13. The second-order valence-corrected chi connectivity index (χ2v) is 9.29. The van der Waals surface area contributed by atoms with Crippen LogP contribution in [0.5, 0.6) is 0 Å². The van der Waals surface area contributed by atoms with Crippen molar-refractivity contribution >= 4 is 22.9 Å². The summed E-state index contributed by atoms with van der Waals surface area (Å²) < 4.78 is 1.79. The van der Waals surface area contributed by atoms with Crippen LogP contribution in [0.25, 0.3) is 26.7 Å². The van der Waals surface area contributed by atoms with Crippen molar-refractivity contribution in [3.63, 3.8) is 0 Å². The molecule has 0 aliphatic rings. The fraction of sp³-hybridized carbons (Fsp3) is 0.208. The van der Waals surface area contributed by atoms with Crippen LogP contribution in [0.2, 0.25) is 5.02 Å². The van der Waals surface area contributed by atoms with Crippen LogP contribution < -0.4 is 0 Å². The van der Waals surface area contributed by atoms with Gasteiger partial charge in [-0.25, -0.2) is 4.68 Å². The Morgan fingerprint density at radius 3 is 2.43 bits per heavy atom. The zero-order chi connectivity index (χ0) is 21.5. The van der Waals surface area contributed by atoms with Gasteiger partial charge >= 0.3 is 0 Å². The molecule has 0 amide bonds. The Kier molecular flexibility index (Phi) is 5.55.